The maximum Gasteiger partial charge on any atom is 0.303 e. The molecule has 0 spiro atoms. The number of aliphatic hydroxyl groups is 1. The minimum Gasteiger partial charge on any atom is -0.463 e. The predicted octanol–water partition coefficient (Wildman–Crippen LogP) is 3.21. The van der Waals surface area contributed by atoms with Crippen molar-refractivity contribution in [2.45, 2.75) is 89.7 Å². The zero-order chi connectivity index (χ0) is 29.6. The highest BCUT2D eigenvalue weighted by Crippen LogP contribution is 2.42. The van der Waals surface area contributed by atoms with Gasteiger partial charge in [0, 0.05) is 45.4 Å². The Kier molecular flexibility index (Phi) is 10.7. The van der Waals surface area contributed by atoms with E-state index in [1.54, 1.807) is 19.2 Å². The molecule has 1 saturated heterocycles. The second kappa shape index (κ2) is 13.6. The second-order valence-corrected chi connectivity index (χ2v) is 10.2. The van der Waals surface area contributed by atoms with Gasteiger partial charge in [-0.2, -0.15) is 0 Å². The highest BCUT2D eigenvalue weighted by atomic mass is 35.5. The van der Waals surface area contributed by atoms with Crippen LogP contribution in [-0.4, -0.2) is 73.2 Å². The Bertz CT molecular complexity index is 1140. The number of halogens is 1. The molecule has 1 aliphatic heterocycles. The number of hydrogen-bond acceptors (Lipinski definition) is 11. The van der Waals surface area contributed by atoms with E-state index < -0.39 is 60.7 Å². The molecule has 0 amide bonds. The molecule has 2 fully saturated rings. The maximum atomic E-state index is 12.2. The molecule has 12 heteroatoms. The summed E-state index contributed by atoms with van der Waals surface area (Å²) in [4.78, 5) is 47.9. The molecule has 1 N–H and O–H groups in total. The first-order valence-corrected chi connectivity index (χ1v) is 13.3. The third-order valence-corrected chi connectivity index (χ3v) is 7.07. The summed E-state index contributed by atoms with van der Waals surface area (Å²) in [5.74, 6) is -5.49. The van der Waals surface area contributed by atoms with Gasteiger partial charge in [-0.25, -0.2) is 0 Å². The summed E-state index contributed by atoms with van der Waals surface area (Å²) in [5, 5.41) is 12.5. The van der Waals surface area contributed by atoms with Gasteiger partial charge in [-0.1, -0.05) is 29.3 Å². The van der Waals surface area contributed by atoms with Crippen LogP contribution in [0.25, 0.3) is 6.08 Å². The Labute approximate surface area is 237 Å². The molecule has 1 aromatic rings. The number of allylic oxidation sites excluding steroid dienone is 1. The van der Waals surface area contributed by atoms with Crippen molar-refractivity contribution in [2.75, 3.05) is 13.7 Å². The van der Waals surface area contributed by atoms with E-state index in [4.69, 9.17) is 40.0 Å². The molecule has 220 valence electrons. The average Bonchev–Trinajstić information content (AvgIpc) is 2.87. The first kappa shape index (κ1) is 31.5. The molecule has 1 saturated carbocycles. The van der Waals surface area contributed by atoms with Crippen molar-refractivity contribution in [1.82, 2.24) is 0 Å². The molecule has 11 nitrogen and oxygen atoms in total. The smallest absolute Gasteiger partial charge is 0.303 e. The largest absolute Gasteiger partial charge is 0.463 e. The van der Waals surface area contributed by atoms with E-state index in [9.17, 15) is 24.3 Å². The Balaban J connectivity index is 2.11. The number of hydrogen-bond donors (Lipinski definition) is 1. The minimum absolute atomic E-state index is 0.117. The van der Waals surface area contributed by atoms with Crippen LogP contribution in [0.2, 0.25) is 5.02 Å². The van der Waals surface area contributed by atoms with Crippen LogP contribution in [0.4, 0.5) is 0 Å². The fourth-order valence-electron chi connectivity index (χ4n) is 4.95. The molecule has 2 aliphatic rings. The molecule has 40 heavy (non-hydrogen) atoms. The molecule has 0 radical (unpaired) electrons. The van der Waals surface area contributed by atoms with Crippen LogP contribution in [0.15, 0.2) is 23.8 Å². The fourth-order valence-corrected chi connectivity index (χ4v) is 5.12. The summed E-state index contributed by atoms with van der Waals surface area (Å²) in [6, 6.07) is 4.60. The molecular formula is C28H35ClO11. The van der Waals surface area contributed by atoms with E-state index in [1.165, 1.54) is 13.0 Å². The maximum absolute atomic E-state index is 12.2. The van der Waals surface area contributed by atoms with Crippen molar-refractivity contribution in [3.05, 3.63) is 39.9 Å². The third kappa shape index (κ3) is 7.81. The lowest BCUT2D eigenvalue weighted by Crippen LogP contribution is -2.66. The fraction of sp³-hybridized carbons (Fsp3) is 0.571. The summed E-state index contributed by atoms with van der Waals surface area (Å²) in [5.41, 5.74) is 1.83. The summed E-state index contributed by atoms with van der Waals surface area (Å²) >= 11 is 6.51. The van der Waals surface area contributed by atoms with Crippen molar-refractivity contribution in [1.29, 1.82) is 0 Å². The van der Waals surface area contributed by atoms with Gasteiger partial charge in [0.1, 0.15) is 12.7 Å². The molecule has 0 aromatic heterocycles. The SMILES string of the molecule is COC1CCC(=Cc2cc([C@@]3(O)O[C@H](COC(C)=O)[C@@H](OC(C)=O)[C@H](OC(C)=O)[C@H]3OC(C)=O)ccc2Cl)CC1. The van der Waals surface area contributed by atoms with Gasteiger partial charge in [0.15, 0.2) is 12.2 Å². The van der Waals surface area contributed by atoms with Crippen LogP contribution in [0, 0.1) is 0 Å². The zero-order valence-electron chi connectivity index (χ0n) is 23.1. The standard InChI is InChI=1S/C28H35ClO11/c1-15(30)36-14-24-25(37-16(2)31)26(38-17(3)32)27(39-18(4)33)28(34,40-24)21-8-11-23(29)20(13-21)12-19-6-9-22(35-5)10-7-19/h8,11-13,22,24-27,34H,6-7,9-10,14H2,1-5H3/t22?,24-,25-,26+,27-,28-/m1/s1. The van der Waals surface area contributed by atoms with Crippen molar-refractivity contribution < 1.29 is 52.7 Å². The van der Waals surface area contributed by atoms with Crippen LogP contribution < -0.4 is 0 Å². The Morgan fingerprint density at radius 3 is 2.12 bits per heavy atom. The average molecular weight is 583 g/mol. The molecule has 1 heterocycles. The molecule has 0 unspecified atom stereocenters. The van der Waals surface area contributed by atoms with Gasteiger partial charge in [-0.05, 0) is 43.4 Å². The number of rotatable bonds is 8. The van der Waals surface area contributed by atoms with Crippen molar-refractivity contribution in [3.63, 3.8) is 0 Å². The van der Waals surface area contributed by atoms with E-state index in [1.807, 2.05) is 6.08 Å². The van der Waals surface area contributed by atoms with Gasteiger partial charge in [-0.15, -0.1) is 0 Å². The number of esters is 4. The van der Waals surface area contributed by atoms with E-state index in [0.29, 0.717) is 10.6 Å². The topological polar surface area (TPSA) is 144 Å². The van der Waals surface area contributed by atoms with Crippen LogP contribution in [0.1, 0.15) is 64.5 Å². The first-order valence-electron chi connectivity index (χ1n) is 12.9. The normalized spacial score (nSPS) is 28.3. The van der Waals surface area contributed by atoms with E-state index in [-0.39, 0.29) is 11.7 Å². The number of carbonyl (C=O) groups is 4. The zero-order valence-corrected chi connectivity index (χ0v) is 23.9. The summed E-state index contributed by atoms with van der Waals surface area (Å²) in [6.45, 7) is 4.03. The van der Waals surface area contributed by atoms with Gasteiger partial charge in [-0.3, -0.25) is 19.2 Å². The summed E-state index contributed by atoms with van der Waals surface area (Å²) < 4.78 is 32.8. The van der Waals surface area contributed by atoms with Gasteiger partial charge >= 0.3 is 23.9 Å². The highest BCUT2D eigenvalue weighted by molar-refractivity contribution is 6.32. The van der Waals surface area contributed by atoms with Crippen molar-refractivity contribution in [2.24, 2.45) is 0 Å². The van der Waals surface area contributed by atoms with Gasteiger partial charge in [0.25, 0.3) is 0 Å². The molecular weight excluding hydrogens is 548 g/mol. The lowest BCUT2D eigenvalue weighted by Gasteiger charge is -2.48. The van der Waals surface area contributed by atoms with E-state index in [0.717, 1.165) is 52.0 Å². The Morgan fingerprint density at radius 2 is 1.57 bits per heavy atom. The minimum atomic E-state index is -2.43. The first-order chi connectivity index (χ1) is 18.8. The molecule has 3 rings (SSSR count). The quantitative estimate of drug-likeness (QED) is 0.356. The molecule has 1 aliphatic carbocycles. The van der Waals surface area contributed by atoms with Gasteiger partial charge < -0.3 is 33.5 Å². The van der Waals surface area contributed by atoms with Gasteiger partial charge in [0.2, 0.25) is 11.9 Å². The van der Waals surface area contributed by atoms with Crippen molar-refractivity contribution >= 4 is 41.6 Å². The van der Waals surface area contributed by atoms with E-state index >= 15 is 0 Å². The molecule has 1 aromatic carbocycles. The van der Waals surface area contributed by atoms with Crippen molar-refractivity contribution in [3.8, 4) is 0 Å². The van der Waals surface area contributed by atoms with Crippen LogP contribution in [-0.2, 0) is 53.4 Å². The summed E-state index contributed by atoms with van der Waals surface area (Å²) in [7, 11) is 1.69. The second-order valence-electron chi connectivity index (χ2n) is 9.81. The number of methoxy groups -OCH3 is 1. The number of carbonyl (C=O) groups excluding carboxylic acids is 4. The van der Waals surface area contributed by atoms with Crippen LogP contribution >= 0.6 is 11.6 Å². The van der Waals surface area contributed by atoms with E-state index in [2.05, 4.69) is 0 Å². The third-order valence-electron chi connectivity index (χ3n) is 6.73. The molecule has 5 atom stereocenters. The van der Waals surface area contributed by atoms with Gasteiger partial charge in [0.05, 0.1) is 6.10 Å². The molecule has 0 bridgehead atoms. The van der Waals surface area contributed by atoms with Crippen LogP contribution in [0.5, 0.6) is 0 Å². The number of benzene rings is 1. The Hall–Kier alpha value is -2.99. The number of ether oxygens (including phenoxy) is 6. The monoisotopic (exact) mass is 582 g/mol. The lowest BCUT2D eigenvalue weighted by atomic mass is 9.86. The lowest BCUT2D eigenvalue weighted by molar-refractivity contribution is -0.360. The van der Waals surface area contributed by atoms with Crippen LogP contribution in [0.3, 0.4) is 0 Å². The highest BCUT2D eigenvalue weighted by Gasteiger charge is 2.60. The summed E-state index contributed by atoms with van der Waals surface area (Å²) in [6.07, 6.45) is -0.453. The predicted molar refractivity (Wildman–Crippen MR) is 141 cm³/mol. The Morgan fingerprint density at radius 1 is 0.975 bits per heavy atom.